The standard InChI is InChI=1S/C27H27NO8/c1-27(2)13-21(30)26-20(29)10-15(11-23(26)36-27)35-14-24(31)28-19(12-25(32)33)17-8-9-22(34-3)18-7-5-4-6-16(17)18/h4-11,19,29H,12-14H2,1-3H3,(H,28,31)(H,32,33). The van der Waals surface area contributed by atoms with E-state index in [0.717, 1.165) is 10.8 Å². The Labute approximate surface area is 207 Å². The predicted molar refractivity (Wildman–Crippen MR) is 131 cm³/mol. The van der Waals surface area contributed by atoms with Crippen molar-refractivity contribution in [3.63, 3.8) is 0 Å². The molecule has 1 atom stereocenters. The minimum absolute atomic E-state index is 0.0824. The first-order valence-electron chi connectivity index (χ1n) is 11.4. The molecule has 0 radical (unpaired) electrons. The number of benzene rings is 3. The summed E-state index contributed by atoms with van der Waals surface area (Å²) in [7, 11) is 1.55. The highest BCUT2D eigenvalue weighted by Gasteiger charge is 2.35. The van der Waals surface area contributed by atoms with Gasteiger partial charge in [-0.05, 0) is 30.9 Å². The summed E-state index contributed by atoms with van der Waals surface area (Å²) in [5, 5.41) is 24.1. The number of Topliss-reactive ketones (excluding diaryl/α,β-unsaturated/α-hetero) is 1. The highest BCUT2D eigenvalue weighted by Crippen LogP contribution is 2.41. The lowest BCUT2D eigenvalue weighted by molar-refractivity contribution is -0.137. The Kier molecular flexibility index (Phi) is 6.74. The number of methoxy groups -OCH3 is 1. The molecule has 1 aliphatic rings. The minimum Gasteiger partial charge on any atom is -0.507 e. The van der Waals surface area contributed by atoms with Crippen molar-refractivity contribution in [1.29, 1.82) is 0 Å². The molecule has 3 aromatic rings. The highest BCUT2D eigenvalue weighted by atomic mass is 16.5. The third kappa shape index (κ3) is 5.19. The summed E-state index contributed by atoms with van der Waals surface area (Å²) >= 11 is 0. The molecule has 0 saturated carbocycles. The lowest BCUT2D eigenvalue weighted by Gasteiger charge is -2.32. The molecule has 0 spiro atoms. The van der Waals surface area contributed by atoms with E-state index in [1.165, 1.54) is 12.1 Å². The molecule has 0 bridgehead atoms. The van der Waals surface area contributed by atoms with Crippen molar-refractivity contribution in [2.75, 3.05) is 13.7 Å². The maximum absolute atomic E-state index is 12.8. The fourth-order valence-corrected chi connectivity index (χ4v) is 4.40. The number of aromatic hydroxyl groups is 1. The molecule has 0 aliphatic carbocycles. The van der Waals surface area contributed by atoms with Crippen molar-refractivity contribution in [3.05, 3.63) is 59.7 Å². The van der Waals surface area contributed by atoms with Crippen molar-refractivity contribution < 1.29 is 38.8 Å². The summed E-state index contributed by atoms with van der Waals surface area (Å²) in [4.78, 5) is 36.7. The second-order valence-corrected chi connectivity index (χ2v) is 9.19. The van der Waals surface area contributed by atoms with Gasteiger partial charge in [0.25, 0.3) is 5.91 Å². The van der Waals surface area contributed by atoms with Gasteiger partial charge in [-0.25, -0.2) is 0 Å². The molecule has 0 saturated heterocycles. The van der Waals surface area contributed by atoms with Gasteiger partial charge in [-0.3, -0.25) is 14.4 Å². The molecule has 9 nitrogen and oxygen atoms in total. The van der Waals surface area contributed by atoms with Crippen LogP contribution in [0.1, 0.15) is 48.7 Å². The molecule has 1 heterocycles. The monoisotopic (exact) mass is 493 g/mol. The molecule has 3 N–H and O–H groups in total. The van der Waals surface area contributed by atoms with Crippen LogP contribution in [0.15, 0.2) is 48.5 Å². The molecular weight excluding hydrogens is 466 g/mol. The summed E-state index contributed by atoms with van der Waals surface area (Å²) in [5.41, 5.74) is -0.0284. The number of nitrogens with one attached hydrogen (secondary N) is 1. The summed E-state index contributed by atoms with van der Waals surface area (Å²) in [6.07, 6.45) is -0.214. The molecule has 0 fully saturated rings. The average Bonchev–Trinajstić information content (AvgIpc) is 2.80. The maximum atomic E-state index is 12.8. The van der Waals surface area contributed by atoms with Crippen LogP contribution in [-0.4, -0.2) is 47.2 Å². The number of phenolic OH excluding ortho intramolecular Hbond substituents is 1. The Bertz CT molecular complexity index is 1350. The Morgan fingerprint density at radius 1 is 1.14 bits per heavy atom. The summed E-state index contributed by atoms with van der Waals surface area (Å²) in [6.45, 7) is 3.08. The van der Waals surface area contributed by atoms with Crippen LogP contribution in [0, 0.1) is 0 Å². The summed E-state index contributed by atoms with van der Waals surface area (Å²) < 4.78 is 16.8. The number of carbonyl (C=O) groups excluding carboxylic acids is 2. The van der Waals surface area contributed by atoms with Crippen LogP contribution in [0.3, 0.4) is 0 Å². The van der Waals surface area contributed by atoms with Gasteiger partial charge in [-0.1, -0.05) is 30.3 Å². The van der Waals surface area contributed by atoms with Gasteiger partial charge >= 0.3 is 5.97 Å². The van der Waals surface area contributed by atoms with E-state index in [0.29, 0.717) is 11.3 Å². The van der Waals surface area contributed by atoms with E-state index in [1.54, 1.807) is 33.1 Å². The third-order valence-corrected chi connectivity index (χ3v) is 5.90. The van der Waals surface area contributed by atoms with Crippen LogP contribution in [0.4, 0.5) is 0 Å². The van der Waals surface area contributed by atoms with E-state index in [1.807, 2.05) is 24.3 Å². The number of carboxylic acid groups (broad SMARTS) is 1. The second-order valence-electron chi connectivity index (χ2n) is 9.19. The lowest BCUT2D eigenvalue weighted by atomic mass is 9.92. The Morgan fingerprint density at radius 2 is 1.86 bits per heavy atom. The van der Waals surface area contributed by atoms with Gasteiger partial charge in [-0.2, -0.15) is 0 Å². The number of phenols is 1. The van der Waals surface area contributed by atoms with Gasteiger partial charge in [-0.15, -0.1) is 0 Å². The minimum atomic E-state index is -1.08. The highest BCUT2D eigenvalue weighted by molar-refractivity contribution is 6.03. The van der Waals surface area contributed by atoms with Crippen molar-refractivity contribution in [1.82, 2.24) is 5.32 Å². The molecule has 188 valence electrons. The lowest BCUT2D eigenvalue weighted by Crippen LogP contribution is -2.36. The van der Waals surface area contributed by atoms with Crippen LogP contribution in [0.5, 0.6) is 23.0 Å². The van der Waals surface area contributed by atoms with E-state index < -0.39 is 30.1 Å². The zero-order valence-corrected chi connectivity index (χ0v) is 20.2. The Hall–Kier alpha value is -4.27. The molecule has 1 aliphatic heterocycles. The van der Waals surface area contributed by atoms with Gasteiger partial charge in [0.05, 0.1) is 26.0 Å². The fourth-order valence-electron chi connectivity index (χ4n) is 4.40. The van der Waals surface area contributed by atoms with E-state index in [4.69, 9.17) is 14.2 Å². The number of hydrogen-bond acceptors (Lipinski definition) is 7. The first-order valence-corrected chi connectivity index (χ1v) is 11.4. The van der Waals surface area contributed by atoms with Crippen LogP contribution in [0.25, 0.3) is 10.8 Å². The molecule has 4 rings (SSSR count). The summed E-state index contributed by atoms with van der Waals surface area (Å²) in [5.74, 6) is -1.23. The van der Waals surface area contributed by atoms with E-state index in [2.05, 4.69) is 5.32 Å². The average molecular weight is 494 g/mol. The van der Waals surface area contributed by atoms with Crippen LogP contribution in [-0.2, 0) is 9.59 Å². The van der Waals surface area contributed by atoms with Gasteiger partial charge < -0.3 is 29.7 Å². The van der Waals surface area contributed by atoms with Crippen LogP contribution < -0.4 is 19.5 Å². The maximum Gasteiger partial charge on any atom is 0.305 e. The van der Waals surface area contributed by atoms with Gasteiger partial charge in [0.15, 0.2) is 12.4 Å². The zero-order valence-electron chi connectivity index (χ0n) is 20.2. The molecule has 0 aromatic heterocycles. The number of carbonyl (C=O) groups is 3. The van der Waals surface area contributed by atoms with Gasteiger partial charge in [0, 0.05) is 17.5 Å². The molecular formula is C27H27NO8. The smallest absolute Gasteiger partial charge is 0.305 e. The van der Waals surface area contributed by atoms with E-state index >= 15 is 0 Å². The Balaban J connectivity index is 1.53. The Morgan fingerprint density at radius 3 is 2.56 bits per heavy atom. The van der Waals surface area contributed by atoms with Crippen molar-refractivity contribution in [3.8, 4) is 23.0 Å². The number of amides is 1. The molecule has 1 amide bonds. The van der Waals surface area contributed by atoms with Crippen molar-refractivity contribution in [2.24, 2.45) is 0 Å². The largest absolute Gasteiger partial charge is 0.507 e. The van der Waals surface area contributed by atoms with Crippen LogP contribution in [0.2, 0.25) is 0 Å². The number of ether oxygens (including phenoxy) is 3. The van der Waals surface area contributed by atoms with Crippen molar-refractivity contribution >= 4 is 28.4 Å². The van der Waals surface area contributed by atoms with E-state index in [9.17, 15) is 24.6 Å². The fraction of sp³-hybridized carbons (Fsp3) is 0.296. The quantitative estimate of drug-likeness (QED) is 0.429. The predicted octanol–water partition coefficient (Wildman–Crippen LogP) is 4.01. The molecule has 9 heteroatoms. The topological polar surface area (TPSA) is 131 Å². The van der Waals surface area contributed by atoms with Crippen molar-refractivity contribution in [2.45, 2.75) is 38.3 Å². The first kappa shape index (κ1) is 24.8. The number of rotatable bonds is 8. The zero-order chi connectivity index (χ0) is 26.0. The van der Waals surface area contributed by atoms with E-state index in [-0.39, 0.29) is 41.4 Å². The number of carboxylic acids is 1. The third-order valence-electron chi connectivity index (χ3n) is 5.90. The van der Waals surface area contributed by atoms with Gasteiger partial charge in [0.1, 0.15) is 34.2 Å². The normalized spacial score (nSPS) is 14.9. The number of hydrogen-bond donors (Lipinski definition) is 3. The number of fused-ring (bicyclic) bond motifs is 2. The molecule has 3 aromatic carbocycles. The number of aliphatic carboxylic acids is 1. The van der Waals surface area contributed by atoms with Gasteiger partial charge in [0.2, 0.25) is 0 Å². The summed E-state index contributed by atoms with van der Waals surface area (Å²) in [6, 6.07) is 12.7. The molecule has 1 unspecified atom stereocenters. The molecule has 36 heavy (non-hydrogen) atoms. The van der Waals surface area contributed by atoms with Crippen LogP contribution >= 0.6 is 0 Å². The SMILES string of the molecule is COc1ccc(C(CC(=O)O)NC(=O)COc2cc(O)c3c(c2)OC(C)(C)CC3=O)c2ccccc12. The second kappa shape index (κ2) is 9.77. The number of ketones is 1. The first-order chi connectivity index (χ1) is 17.1.